The third-order valence-electron chi connectivity index (χ3n) is 5.14. The largest absolute Gasteiger partial charge is 0.459 e. The molecule has 2 aromatic rings. The first-order valence-electron chi connectivity index (χ1n) is 8.42. The van der Waals surface area contributed by atoms with Crippen molar-refractivity contribution in [2.24, 2.45) is 5.41 Å². The number of carbonyl (C=O) groups is 2. The van der Waals surface area contributed by atoms with E-state index in [4.69, 9.17) is 13.7 Å². The van der Waals surface area contributed by atoms with Gasteiger partial charge in [-0.2, -0.15) is 4.98 Å². The topological polar surface area (TPSA) is 102 Å². The zero-order valence-corrected chi connectivity index (χ0v) is 14.7. The lowest BCUT2D eigenvalue weighted by Crippen LogP contribution is -2.61. The maximum absolute atomic E-state index is 12.5. The van der Waals surface area contributed by atoms with Crippen LogP contribution in [-0.4, -0.2) is 71.7 Å². The Balaban J connectivity index is 1.54. The molecule has 138 valence electrons. The van der Waals surface area contributed by atoms with E-state index in [9.17, 15) is 9.59 Å². The number of hydrogen-bond donors (Lipinski definition) is 0. The molecule has 2 aromatic heterocycles. The lowest BCUT2D eigenvalue weighted by molar-refractivity contribution is -0.134. The summed E-state index contributed by atoms with van der Waals surface area (Å²) in [5.74, 6) is 1.05. The fourth-order valence-corrected chi connectivity index (χ4v) is 3.90. The summed E-state index contributed by atoms with van der Waals surface area (Å²) in [7, 11) is 1.50. The van der Waals surface area contributed by atoms with Crippen LogP contribution in [0.3, 0.4) is 0 Å². The molecule has 1 atom stereocenters. The number of likely N-dealkylation sites (tertiary alicyclic amines) is 2. The summed E-state index contributed by atoms with van der Waals surface area (Å²) in [4.78, 5) is 32.6. The van der Waals surface area contributed by atoms with Gasteiger partial charge < -0.3 is 23.5 Å². The highest BCUT2D eigenvalue weighted by Crippen LogP contribution is 2.49. The van der Waals surface area contributed by atoms with Gasteiger partial charge in [-0.3, -0.25) is 9.59 Å². The molecule has 0 radical (unpaired) electrons. The van der Waals surface area contributed by atoms with E-state index < -0.39 is 0 Å². The highest BCUT2D eigenvalue weighted by molar-refractivity contribution is 5.92. The molecular formula is C17H20N4O5. The van der Waals surface area contributed by atoms with E-state index in [-0.39, 0.29) is 29.8 Å². The van der Waals surface area contributed by atoms with Crippen LogP contribution in [0.4, 0.5) is 0 Å². The Morgan fingerprint density at radius 2 is 2.12 bits per heavy atom. The molecule has 0 bridgehead atoms. The fraction of sp³-hybridized carbons (Fsp3) is 0.529. The van der Waals surface area contributed by atoms with Crippen LogP contribution in [-0.2, 0) is 9.53 Å². The molecule has 1 unspecified atom stereocenters. The van der Waals surface area contributed by atoms with Crippen LogP contribution in [0.25, 0.3) is 0 Å². The number of ether oxygens (including phenoxy) is 1. The molecule has 2 fully saturated rings. The van der Waals surface area contributed by atoms with Crippen LogP contribution in [0, 0.1) is 12.3 Å². The van der Waals surface area contributed by atoms with Gasteiger partial charge in [0.05, 0.1) is 12.2 Å². The van der Waals surface area contributed by atoms with Gasteiger partial charge in [0, 0.05) is 38.7 Å². The molecule has 2 saturated heterocycles. The number of hydrogen-bond acceptors (Lipinski definition) is 7. The van der Waals surface area contributed by atoms with Gasteiger partial charge in [0.1, 0.15) is 6.61 Å². The van der Waals surface area contributed by atoms with Gasteiger partial charge in [-0.15, -0.1) is 0 Å². The van der Waals surface area contributed by atoms with Crippen molar-refractivity contribution in [1.82, 2.24) is 19.9 Å². The van der Waals surface area contributed by atoms with Crippen molar-refractivity contribution < 1.29 is 23.3 Å². The molecule has 4 rings (SSSR count). The third-order valence-corrected chi connectivity index (χ3v) is 5.14. The highest BCUT2D eigenvalue weighted by atomic mass is 16.5. The Labute approximate surface area is 149 Å². The predicted octanol–water partition coefficient (Wildman–Crippen LogP) is 0.686. The Kier molecular flexibility index (Phi) is 4.03. The minimum absolute atomic E-state index is 0.0285. The fourth-order valence-electron chi connectivity index (χ4n) is 3.90. The summed E-state index contributed by atoms with van der Waals surface area (Å²) in [5, 5.41) is 3.88. The number of amides is 2. The molecule has 0 N–H and O–H groups in total. The summed E-state index contributed by atoms with van der Waals surface area (Å²) in [6.07, 6.45) is 1.48. The van der Waals surface area contributed by atoms with Crippen molar-refractivity contribution >= 4 is 11.8 Å². The van der Waals surface area contributed by atoms with Gasteiger partial charge in [-0.1, -0.05) is 5.16 Å². The molecule has 9 heteroatoms. The molecule has 2 aliphatic heterocycles. The number of methoxy groups -OCH3 is 1. The van der Waals surface area contributed by atoms with Crippen molar-refractivity contribution in [3.05, 3.63) is 35.9 Å². The van der Waals surface area contributed by atoms with Crippen molar-refractivity contribution in [3.8, 4) is 0 Å². The molecule has 9 nitrogen and oxygen atoms in total. The van der Waals surface area contributed by atoms with E-state index in [1.165, 1.54) is 13.4 Å². The molecule has 4 heterocycles. The number of aryl methyl sites for hydroxylation is 1. The van der Waals surface area contributed by atoms with E-state index in [0.717, 1.165) is 0 Å². The summed E-state index contributed by atoms with van der Waals surface area (Å²) in [6, 6.07) is 3.34. The average molecular weight is 360 g/mol. The van der Waals surface area contributed by atoms with E-state index in [2.05, 4.69) is 10.1 Å². The minimum atomic E-state index is -0.287. The van der Waals surface area contributed by atoms with Crippen LogP contribution in [0.15, 0.2) is 27.3 Å². The van der Waals surface area contributed by atoms with Crippen molar-refractivity contribution in [2.75, 3.05) is 39.9 Å². The molecule has 0 aromatic carbocycles. The van der Waals surface area contributed by atoms with Gasteiger partial charge in [0.25, 0.3) is 5.91 Å². The smallest absolute Gasteiger partial charge is 0.289 e. The molecule has 0 saturated carbocycles. The summed E-state index contributed by atoms with van der Waals surface area (Å²) in [5.41, 5.74) is -0.287. The number of carbonyl (C=O) groups excluding carboxylic acids is 2. The monoisotopic (exact) mass is 360 g/mol. The maximum Gasteiger partial charge on any atom is 0.289 e. The zero-order chi connectivity index (χ0) is 18.3. The van der Waals surface area contributed by atoms with Gasteiger partial charge in [-0.05, 0) is 19.1 Å². The Bertz CT molecular complexity index is 809. The first-order valence-corrected chi connectivity index (χ1v) is 8.42. The second kappa shape index (κ2) is 6.24. The molecule has 2 aliphatic rings. The zero-order valence-electron chi connectivity index (χ0n) is 14.7. The van der Waals surface area contributed by atoms with Gasteiger partial charge in [0.2, 0.25) is 11.8 Å². The minimum Gasteiger partial charge on any atom is -0.459 e. The molecule has 0 aliphatic carbocycles. The lowest BCUT2D eigenvalue weighted by Gasteiger charge is -2.49. The summed E-state index contributed by atoms with van der Waals surface area (Å²) in [6.45, 7) is 3.82. The van der Waals surface area contributed by atoms with E-state index in [1.807, 2.05) is 0 Å². The standard InChI is InChI=1S/C17H20N4O5/c1-11-18-15(26-19-11)12-6-20(14(22)7-24-2)8-17(12)9-21(10-17)16(23)13-4-3-5-25-13/h3-5,12H,6-10H2,1-2H3. The maximum atomic E-state index is 12.5. The normalized spacial score (nSPS) is 21.2. The number of rotatable bonds is 4. The van der Waals surface area contributed by atoms with Crippen LogP contribution in [0.2, 0.25) is 0 Å². The van der Waals surface area contributed by atoms with E-state index in [1.54, 1.807) is 28.9 Å². The number of aromatic nitrogens is 2. The molecule has 2 amide bonds. The van der Waals surface area contributed by atoms with Crippen LogP contribution < -0.4 is 0 Å². The van der Waals surface area contributed by atoms with Crippen LogP contribution in [0.5, 0.6) is 0 Å². The van der Waals surface area contributed by atoms with Crippen LogP contribution >= 0.6 is 0 Å². The third kappa shape index (κ3) is 2.68. The Hall–Kier alpha value is -2.68. The van der Waals surface area contributed by atoms with Gasteiger partial charge in [0.15, 0.2) is 11.6 Å². The molecular weight excluding hydrogens is 340 g/mol. The summed E-state index contributed by atoms with van der Waals surface area (Å²) < 4.78 is 15.5. The molecule has 1 spiro atoms. The quantitative estimate of drug-likeness (QED) is 0.790. The highest BCUT2D eigenvalue weighted by Gasteiger charge is 2.58. The van der Waals surface area contributed by atoms with E-state index in [0.29, 0.717) is 43.7 Å². The SMILES string of the molecule is COCC(=O)N1CC(c2nc(C)no2)C2(C1)CN(C(=O)c1ccco1)C2. The lowest BCUT2D eigenvalue weighted by atomic mass is 9.71. The van der Waals surface area contributed by atoms with Gasteiger partial charge in [-0.25, -0.2) is 0 Å². The second-order valence-electron chi connectivity index (χ2n) is 6.94. The summed E-state index contributed by atoms with van der Waals surface area (Å²) >= 11 is 0. The van der Waals surface area contributed by atoms with Crippen molar-refractivity contribution in [2.45, 2.75) is 12.8 Å². The van der Waals surface area contributed by atoms with Gasteiger partial charge >= 0.3 is 0 Å². The van der Waals surface area contributed by atoms with Crippen molar-refractivity contribution in [3.63, 3.8) is 0 Å². The van der Waals surface area contributed by atoms with Crippen LogP contribution in [0.1, 0.15) is 28.2 Å². The first-order chi connectivity index (χ1) is 12.5. The average Bonchev–Trinajstić information content (AvgIpc) is 3.31. The number of furan rings is 1. The second-order valence-corrected chi connectivity index (χ2v) is 6.94. The molecule has 26 heavy (non-hydrogen) atoms. The predicted molar refractivity (Wildman–Crippen MR) is 87.3 cm³/mol. The van der Waals surface area contributed by atoms with Crippen molar-refractivity contribution in [1.29, 1.82) is 0 Å². The Morgan fingerprint density at radius 3 is 2.73 bits per heavy atom. The number of nitrogens with zero attached hydrogens (tertiary/aromatic N) is 4. The Morgan fingerprint density at radius 1 is 1.35 bits per heavy atom. The first kappa shape index (κ1) is 16.8. The van der Waals surface area contributed by atoms with E-state index >= 15 is 0 Å².